The zero-order valence-electron chi connectivity index (χ0n) is 12.4. The molecule has 2 aliphatic rings. The van der Waals surface area contributed by atoms with Crippen molar-refractivity contribution in [2.24, 2.45) is 4.99 Å². The first-order valence-corrected chi connectivity index (χ1v) is 8.11. The Morgan fingerprint density at radius 2 is 1.95 bits per heavy atom. The van der Waals surface area contributed by atoms with E-state index in [0.29, 0.717) is 0 Å². The Morgan fingerprint density at radius 3 is 2.42 bits per heavy atom. The van der Waals surface area contributed by atoms with E-state index in [1.54, 1.807) is 11.8 Å². The van der Waals surface area contributed by atoms with Crippen molar-refractivity contribution in [3.8, 4) is 0 Å². The van der Waals surface area contributed by atoms with Gasteiger partial charge in [0.25, 0.3) is 0 Å². The first kappa shape index (κ1) is 16.5. The average Bonchev–Trinajstić information content (AvgIpc) is 2.70. The topological polar surface area (TPSA) is 61.7 Å². The molecule has 1 saturated heterocycles. The number of nitrogens with zero attached hydrogens (tertiary/aromatic N) is 1. The molecule has 0 aromatic rings. The highest BCUT2D eigenvalue weighted by molar-refractivity contribution is 8.16. The molecule has 1 atom stereocenters. The van der Waals surface area contributed by atoms with Gasteiger partial charge in [0.15, 0.2) is 5.17 Å². The van der Waals surface area contributed by atoms with E-state index < -0.39 is 0 Å². The number of aliphatic hydroxyl groups excluding tert-OH is 1. The number of nitrogens with one attached hydrogen (secondary N) is 1. The van der Waals surface area contributed by atoms with Crippen LogP contribution in [0.3, 0.4) is 0 Å². The van der Waals surface area contributed by atoms with Crippen molar-refractivity contribution in [3.05, 3.63) is 0 Å². The van der Waals surface area contributed by atoms with E-state index >= 15 is 0 Å². The summed E-state index contributed by atoms with van der Waals surface area (Å²) in [6.07, 6.45) is 4.15. The van der Waals surface area contributed by atoms with Gasteiger partial charge in [0.05, 0.1) is 16.9 Å². The molecule has 0 spiro atoms. The minimum atomic E-state index is -0.354. The summed E-state index contributed by atoms with van der Waals surface area (Å²) < 4.78 is -0.354. The Morgan fingerprint density at radius 1 is 1.37 bits per heavy atom. The van der Waals surface area contributed by atoms with Gasteiger partial charge in [0.1, 0.15) is 0 Å². The van der Waals surface area contributed by atoms with E-state index in [-0.39, 0.29) is 22.8 Å². The van der Waals surface area contributed by atoms with Crippen LogP contribution in [-0.2, 0) is 4.79 Å². The zero-order valence-corrected chi connectivity index (χ0v) is 13.2. The molecule has 110 valence electrons. The van der Waals surface area contributed by atoms with Gasteiger partial charge >= 0.3 is 0 Å². The fourth-order valence-corrected chi connectivity index (χ4v) is 3.22. The summed E-state index contributed by atoms with van der Waals surface area (Å²) >= 11 is 1.54. The second-order valence-electron chi connectivity index (χ2n) is 5.04. The van der Waals surface area contributed by atoms with Crippen molar-refractivity contribution >= 4 is 22.8 Å². The predicted molar refractivity (Wildman–Crippen MR) is 81.5 cm³/mol. The number of carbonyl (C=O) groups is 1. The molecule has 19 heavy (non-hydrogen) atoms. The van der Waals surface area contributed by atoms with Crippen LogP contribution in [0.2, 0.25) is 0 Å². The molecule has 0 radical (unpaired) electrons. The number of aliphatic imine (C=N–C) groups is 1. The van der Waals surface area contributed by atoms with Crippen LogP contribution in [0.5, 0.6) is 0 Å². The van der Waals surface area contributed by atoms with E-state index in [1.807, 2.05) is 27.7 Å². The first-order valence-electron chi connectivity index (χ1n) is 7.30. The molecule has 0 aromatic carbocycles. The van der Waals surface area contributed by atoms with Crippen molar-refractivity contribution in [2.75, 3.05) is 0 Å². The molecule has 0 bridgehead atoms. The quantitative estimate of drug-likeness (QED) is 0.820. The molecule has 1 aliphatic heterocycles. The van der Waals surface area contributed by atoms with Crippen molar-refractivity contribution in [1.82, 2.24) is 5.32 Å². The van der Waals surface area contributed by atoms with Gasteiger partial charge in [-0.3, -0.25) is 9.79 Å². The maximum absolute atomic E-state index is 11.8. The molecule has 2 N–H and O–H groups in total. The summed E-state index contributed by atoms with van der Waals surface area (Å²) in [6.45, 7) is 7.98. The van der Waals surface area contributed by atoms with Crippen LogP contribution in [-0.4, -0.2) is 33.1 Å². The highest BCUT2D eigenvalue weighted by Gasteiger charge is 2.41. The summed E-state index contributed by atoms with van der Waals surface area (Å²) in [5.74, 6) is 0.0691. The number of amidine groups is 1. The summed E-state index contributed by atoms with van der Waals surface area (Å²) in [6, 6.07) is 0.264. The summed E-state index contributed by atoms with van der Waals surface area (Å²) in [7, 11) is 0. The van der Waals surface area contributed by atoms with Gasteiger partial charge in [0.2, 0.25) is 5.91 Å². The van der Waals surface area contributed by atoms with Crippen molar-refractivity contribution in [2.45, 2.75) is 76.7 Å². The molecule has 5 heteroatoms. The summed E-state index contributed by atoms with van der Waals surface area (Å²) in [5.41, 5.74) is 0. The highest BCUT2D eigenvalue weighted by atomic mass is 32.2. The lowest BCUT2D eigenvalue weighted by Gasteiger charge is -2.22. The Hall–Kier alpha value is -0.550. The van der Waals surface area contributed by atoms with Crippen molar-refractivity contribution < 1.29 is 9.90 Å². The molecule has 1 amide bonds. The van der Waals surface area contributed by atoms with Crippen LogP contribution in [0, 0.1) is 0 Å². The van der Waals surface area contributed by atoms with Gasteiger partial charge in [0, 0.05) is 0 Å². The van der Waals surface area contributed by atoms with Gasteiger partial charge < -0.3 is 10.4 Å². The first-order chi connectivity index (χ1) is 9.03. The molecule has 1 saturated carbocycles. The third-order valence-electron chi connectivity index (χ3n) is 3.66. The van der Waals surface area contributed by atoms with Crippen LogP contribution >= 0.6 is 11.8 Å². The number of amides is 1. The Labute approximate surface area is 120 Å². The Balaban J connectivity index is 0.000000861. The molecule has 2 rings (SSSR count). The number of rotatable bonds is 2. The smallest absolute Gasteiger partial charge is 0.242 e. The second kappa shape index (κ2) is 7.29. The summed E-state index contributed by atoms with van der Waals surface area (Å²) in [5, 5.41) is 13.1. The lowest BCUT2D eigenvalue weighted by Crippen LogP contribution is -2.33. The SMILES string of the molecule is CC.CCC1(C)SC(=NC2CCC(O)CC2)NC1=O. The summed E-state index contributed by atoms with van der Waals surface area (Å²) in [4.78, 5) is 16.4. The van der Waals surface area contributed by atoms with E-state index in [9.17, 15) is 9.90 Å². The fraction of sp³-hybridized carbons (Fsp3) is 0.857. The average molecular weight is 286 g/mol. The Kier molecular flexibility index (Phi) is 6.33. The van der Waals surface area contributed by atoms with Crippen LogP contribution in [0.4, 0.5) is 0 Å². The normalized spacial score (nSPS) is 36.7. The molecular formula is C14H26N2O2S. The monoisotopic (exact) mass is 286 g/mol. The van der Waals surface area contributed by atoms with E-state index in [2.05, 4.69) is 10.3 Å². The number of thioether (sulfide) groups is 1. The molecule has 2 fully saturated rings. The Bertz CT molecular complexity index is 338. The molecule has 1 heterocycles. The number of aliphatic hydroxyl groups is 1. The maximum atomic E-state index is 11.8. The van der Waals surface area contributed by atoms with Crippen LogP contribution in [0.1, 0.15) is 59.8 Å². The third-order valence-corrected chi connectivity index (χ3v) is 4.99. The molecule has 0 aromatic heterocycles. The number of hydrogen-bond donors (Lipinski definition) is 2. The molecule has 1 aliphatic carbocycles. The number of carbonyl (C=O) groups excluding carboxylic acids is 1. The lowest BCUT2D eigenvalue weighted by molar-refractivity contribution is -0.121. The largest absolute Gasteiger partial charge is 0.393 e. The minimum absolute atomic E-state index is 0.0691. The van der Waals surface area contributed by atoms with Gasteiger partial charge in [-0.1, -0.05) is 32.5 Å². The molecular weight excluding hydrogens is 260 g/mol. The van der Waals surface area contributed by atoms with E-state index in [1.165, 1.54) is 0 Å². The number of hydrogen-bond acceptors (Lipinski definition) is 4. The van der Waals surface area contributed by atoms with E-state index in [0.717, 1.165) is 37.3 Å². The predicted octanol–water partition coefficient (Wildman–Crippen LogP) is 2.70. The van der Waals surface area contributed by atoms with Gasteiger partial charge in [-0.2, -0.15) is 0 Å². The maximum Gasteiger partial charge on any atom is 0.242 e. The van der Waals surface area contributed by atoms with Crippen LogP contribution in [0.15, 0.2) is 4.99 Å². The second-order valence-corrected chi connectivity index (χ2v) is 6.53. The highest BCUT2D eigenvalue weighted by Crippen LogP contribution is 2.35. The zero-order chi connectivity index (χ0) is 14.5. The molecule has 1 unspecified atom stereocenters. The van der Waals surface area contributed by atoms with Gasteiger partial charge in [-0.15, -0.1) is 0 Å². The molecule has 4 nitrogen and oxygen atoms in total. The standard InChI is InChI=1S/C12H20N2O2S.C2H6/c1-3-12(2)10(16)14-11(17-12)13-8-4-6-9(15)7-5-8;1-2/h8-9,15H,3-7H2,1-2H3,(H,13,14,16);1-2H3. The third kappa shape index (κ3) is 4.21. The lowest BCUT2D eigenvalue weighted by atomic mass is 9.94. The van der Waals surface area contributed by atoms with Crippen molar-refractivity contribution in [1.29, 1.82) is 0 Å². The minimum Gasteiger partial charge on any atom is -0.393 e. The van der Waals surface area contributed by atoms with E-state index in [4.69, 9.17) is 0 Å². The van der Waals surface area contributed by atoms with Gasteiger partial charge in [-0.25, -0.2) is 0 Å². The van der Waals surface area contributed by atoms with Crippen molar-refractivity contribution in [3.63, 3.8) is 0 Å². The van der Waals surface area contributed by atoms with Gasteiger partial charge in [-0.05, 0) is 39.0 Å². The fourth-order valence-electron chi connectivity index (χ4n) is 2.16. The van der Waals surface area contributed by atoms with Crippen LogP contribution in [0.25, 0.3) is 0 Å². The van der Waals surface area contributed by atoms with Crippen LogP contribution < -0.4 is 5.32 Å².